The van der Waals surface area contributed by atoms with E-state index in [2.05, 4.69) is 17.4 Å². The molecule has 2 aliphatic heterocycles. The van der Waals surface area contributed by atoms with Crippen LogP contribution in [0.1, 0.15) is 31.2 Å². The molecule has 2 amide bonds. The molecule has 2 aliphatic rings. The van der Waals surface area contributed by atoms with E-state index in [1.807, 2.05) is 23.1 Å². The number of nitrogens with one attached hydrogen (secondary N) is 1. The molecule has 0 saturated carbocycles. The van der Waals surface area contributed by atoms with Crippen molar-refractivity contribution < 1.29 is 17.9 Å². The molecule has 2 saturated heterocycles. The number of likely N-dealkylation sites (tertiary alicyclic amines) is 1. The summed E-state index contributed by atoms with van der Waals surface area (Å²) in [6.07, 6.45) is 5.52. The van der Waals surface area contributed by atoms with Gasteiger partial charge in [0, 0.05) is 32.7 Å². The first-order valence-corrected chi connectivity index (χ1v) is 11.9. The molecule has 1 aromatic carbocycles. The summed E-state index contributed by atoms with van der Waals surface area (Å²) in [6, 6.07) is 10.1. The molecule has 0 atom stereocenters. The van der Waals surface area contributed by atoms with Gasteiger partial charge >= 0.3 is 6.03 Å². The van der Waals surface area contributed by atoms with Gasteiger partial charge in [0.05, 0.1) is 18.5 Å². The molecule has 3 rings (SSSR count). The van der Waals surface area contributed by atoms with Crippen molar-refractivity contribution >= 4 is 16.1 Å². The number of rotatable bonds is 6. The highest BCUT2D eigenvalue weighted by Crippen LogP contribution is 2.22. The quantitative estimate of drug-likeness (QED) is 0.778. The normalized spacial score (nSPS) is 20.2. The van der Waals surface area contributed by atoms with E-state index in [4.69, 9.17) is 4.74 Å². The van der Waals surface area contributed by atoms with E-state index >= 15 is 0 Å². The molecule has 156 valence electrons. The first kappa shape index (κ1) is 21.1. The molecule has 0 bridgehead atoms. The summed E-state index contributed by atoms with van der Waals surface area (Å²) < 4.78 is 30.9. The first-order chi connectivity index (χ1) is 13.4. The molecule has 1 N–H and O–H groups in total. The van der Waals surface area contributed by atoms with Crippen molar-refractivity contribution in [2.75, 3.05) is 39.0 Å². The van der Waals surface area contributed by atoms with E-state index in [1.165, 1.54) is 16.1 Å². The average Bonchev–Trinajstić information content (AvgIpc) is 2.69. The van der Waals surface area contributed by atoms with Crippen LogP contribution in [0.15, 0.2) is 30.3 Å². The Morgan fingerprint density at radius 2 is 1.61 bits per heavy atom. The number of carbonyl (C=O) groups excluding carboxylic acids is 1. The predicted octanol–water partition coefficient (Wildman–Crippen LogP) is 1.84. The van der Waals surface area contributed by atoms with Gasteiger partial charge in [0.2, 0.25) is 10.0 Å². The Bertz CT molecular complexity index is 725. The molecule has 8 heteroatoms. The summed E-state index contributed by atoms with van der Waals surface area (Å²) >= 11 is 0. The number of hydrogen-bond acceptors (Lipinski definition) is 4. The predicted molar refractivity (Wildman–Crippen MR) is 109 cm³/mol. The Hall–Kier alpha value is -1.64. The van der Waals surface area contributed by atoms with Crippen molar-refractivity contribution in [3.63, 3.8) is 0 Å². The van der Waals surface area contributed by atoms with Crippen molar-refractivity contribution in [2.45, 2.75) is 44.3 Å². The first-order valence-electron chi connectivity index (χ1n) is 10.1. The highest BCUT2D eigenvalue weighted by molar-refractivity contribution is 7.88. The van der Waals surface area contributed by atoms with Gasteiger partial charge in [0.25, 0.3) is 0 Å². The zero-order chi connectivity index (χ0) is 20.0. The lowest BCUT2D eigenvalue weighted by Crippen LogP contribution is -2.47. The van der Waals surface area contributed by atoms with Gasteiger partial charge in [-0.1, -0.05) is 30.3 Å². The molecule has 0 aromatic heterocycles. The van der Waals surface area contributed by atoms with Crippen molar-refractivity contribution in [1.29, 1.82) is 0 Å². The molecule has 0 spiro atoms. The van der Waals surface area contributed by atoms with Crippen LogP contribution >= 0.6 is 0 Å². The second-order valence-corrected chi connectivity index (χ2v) is 9.63. The largest absolute Gasteiger partial charge is 0.375 e. The summed E-state index contributed by atoms with van der Waals surface area (Å²) in [5, 5.41) is 3.00. The van der Waals surface area contributed by atoms with Crippen molar-refractivity contribution in [1.82, 2.24) is 14.5 Å². The average molecular weight is 410 g/mol. The van der Waals surface area contributed by atoms with Crippen LogP contribution in [0.5, 0.6) is 0 Å². The van der Waals surface area contributed by atoms with Gasteiger partial charge in [-0.2, -0.15) is 0 Å². The molecule has 2 heterocycles. The number of amides is 2. The smallest absolute Gasteiger partial charge is 0.317 e. The van der Waals surface area contributed by atoms with Crippen LogP contribution in [0.25, 0.3) is 0 Å². The standard InChI is InChI=1S/C20H31N3O4S/c1-28(25,26)23-15-10-19(11-16-23)27-18-8-13-22(14-9-18)20(24)21-12-7-17-5-3-2-4-6-17/h2-6,18-19H,7-16H2,1H3,(H,21,24). The second kappa shape index (κ2) is 9.71. The number of nitrogens with zero attached hydrogens (tertiary/aromatic N) is 2. The summed E-state index contributed by atoms with van der Waals surface area (Å²) in [5.74, 6) is 0. The number of benzene rings is 1. The lowest BCUT2D eigenvalue weighted by Gasteiger charge is -2.36. The minimum Gasteiger partial charge on any atom is -0.375 e. The van der Waals surface area contributed by atoms with E-state index in [0.29, 0.717) is 32.7 Å². The maximum atomic E-state index is 12.3. The Morgan fingerprint density at radius 1 is 1.04 bits per heavy atom. The molecule has 0 unspecified atom stereocenters. The maximum Gasteiger partial charge on any atom is 0.317 e. The third kappa shape index (κ3) is 6.18. The van der Waals surface area contributed by atoms with E-state index in [1.54, 1.807) is 0 Å². The molecule has 28 heavy (non-hydrogen) atoms. The fraction of sp³-hybridized carbons (Fsp3) is 0.650. The fourth-order valence-corrected chi connectivity index (χ4v) is 4.71. The molecule has 0 radical (unpaired) electrons. The highest BCUT2D eigenvalue weighted by atomic mass is 32.2. The van der Waals surface area contributed by atoms with Gasteiger partial charge in [-0.3, -0.25) is 0 Å². The number of piperidine rings is 2. The number of hydrogen-bond donors (Lipinski definition) is 1. The van der Waals surface area contributed by atoms with Crippen LogP contribution in [-0.2, 0) is 21.2 Å². The summed E-state index contributed by atoms with van der Waals surface area (Å²) in [4.78, 5) is 14.2. The van der Waals surface area contributed by atoms with Crippen LogP contribution in [0.2, 0.25) is 0 Å². The summed E-state index contributed by atoms with van der Waals surface area (Å²) in [5.41, 5.74) is 1.22. The van der Waals surface area contributed by atoms with Gasteiger partial charge in [-0.15, -0.1) is 0 Å². The van der Waals surface area contributed by atoms with Crippen molar-refractivity contribution in [3.05, 3.63) is 35.9 Å². The number of ether oxygens (including phenoxy) is 1. The molecular formula is C20H31N3O4S. The van der Waals surface area contributed by atoms with E-state index in [0.717, 1.165) is 32.1 Å². The highest BCUT2D eigenvalue weighted by Gasteiger charge is 2.29. The van der Waals surface area contributed by atoms with Crippen LogP contribution < -0.4 is 5.32 Å². The molecular weight excluding hydrogens is 378 g/mol. The minimum absolute atomic E-state index is 0.00385. The fourth-order valence-electron chi connectivity index (χ4n) is 3.84. The minimum atomic E-state index is -3.10. The van der Waals surface area contributed by atoms with E-state index < -0.39 is 10.0 Å². The van der Waals surface area contributed by atoms with Crippen molar-refractivity contribution in [3.8, 4) is 0 Å². The van der Waals surface area contributed by atoms with Crippen LogP contribution in [0, 0.1) is 0 Å². The topological polar surface area (TPSA) is 79.0 Å². The SMILES string of the molecule is CS(=O)(=O)N1CCC(OC2CCN(C(=O)NCCc3ccccc3)CC2)CC1. The maximum absolute atomic E-state index is 12.3. The van der Waals surface area contributed by atoms with Gasteiger partial charge in [0.15, 0.2) is 0 Å². The Labute approximate surface area is 168 Å². The third-order valence-electron chi connectivity index (χ3n) is 5.52. The van der Waals surface area contributed by atoms with E-state index in [9.17, 15) is 13.2 Å². The molecule has 0 aliphatic carbocycles. The van der Waals surface area contributed by atoms with Gasteiger partial charge < -0.3 is 15.0 Å². The van der Waals surface area contributed by atoms with Crippen molar-refractivity contribution in [2.24, 2.45) is 0 Å². The number of sulfonamides is 1. The third-order valence-corrected chi connectivity index (χ3v) is 6.82. The Balaban J connectivity index is 1.32. The zero-order valence-corrected chi connectivity index (χ0v) is 17.4. The van der Waals surface area contributed by atoms with Crippen LogP contribution in [-0.4, -0.2) is 74.8 Å². The molecule has 2 fully saturated rings. The second-order valence-electron chi connectivity index (χ2n) is 7.65. The van der Waals surface area contributed by atoms with Gasteiger partial charge in [-0.05, 0) is 37.7 Å². The van der Waals surface area contributed by atoms with E-state index in [-0.39, 0.29) is 18.2 Å². The Kier molecular flexibility index (Phi) is 7.31. The lowest BCUT2D eigenvalue weighted by atomic mass is 10.1. The monoisotopic (exact) mass is 409 g/mol. The lowest BCUT2D eigenvalue weighted by molar-refractivity contribution is -0.0546. The summed E-state index contributed by atoms with van der Waals surface area (Å²) in [7, 11) is -3.10. The summed E-state index contributed by atoms with van der Waals surface area (Å²) in [6.45, 7) is 3.10. The number of carbonyl (C=O) groups is 1. The van der Waals surface area contributed by atoms with Gasteiger partial charge in [0.1, 0.15) is 0 Å². The zero-order valence-electron chi connectivity index (χ0n) is 16.5. The van der Waals surface area contributed by atoms with Crippen LogP contribution in [0.3, 0.4) is 0 Å². The van der Waals surface area contributed by atoms with Crippen LogP contribution in [0.4, 0.5) is 4.79 Å². The molecule has 7 nitrogen and oxygen atoms in total. The Morgan fingerprint density at radius 3 is 2.18 bits per heavy atom. The number of urea groups is 1. The molecule has 1 aromatic rings. The van der Waals surface area contributed by atoms with Gasteiger partial charge in [-0.25, -0.2) is 17.5 Å².